The van der Waals surface area contributed by atoms with E-state index in [9.17, 15) is 4.79 Å². The minimum absolute atomic E-state index is 0.0377. The maximum atomic E-state index is 12.9. The predicted octanol–water partition coefficient (Wildman–Crippen LogP) is 4.19. The van der Waals surface area contributed by atoms with Crippen LogP contribution in [0.25, 0.3) is 10.2 Å². The Kier molecular flexibility index (Phi) is 5.39. The van der Waals surface area contributed by atoms with Crippen molar-refractivity contribution >= 4 is 21.6 Å². The number of quaternary nitrogens is 1. The first kappa shape index (κ1) is 19.3. The molecule has 0 saturated heterocycles. The van der Waals surface area contributed by atoms with Crippen LogP contribution in [-0.4, -0.2) is 9.97 Å². The van der Waals surface area contributed by atoms with E-state index in [0.29, 0.717) is 12.0 Å². The number of aryl methyl sites for hydroxylation is 2. The topological polar surface area (TPSA) is 62.4 Å². The number of nitrogens with one attached hydrogen (secondary N) is 1. The van der Waals surface area contributed by atoms with Crippen molar-refractivity contribution < 1.29 is 5.32 Å². The number of rotatable bonds is 5. The van der Waals surface area contributed by atoms with E-state index in [-0.39, 0.29) is 11.6 Å². The van der Waals surface area contributed by atoms with E-state index in [1.807, 2.05) is 0 Å². The monoisotopic (exact) mass is 396 g/mol. The lowest BCUT2D eigenvalue weighted by atomic mass is 9.89. The largest absolute Gasteiger partial charge is 0.332 e. The van der Waals surface area contributed by atoms with Crippen LogP contribution in [0.5, 0.6) is 0 Å². The van der Waals surface area contributed by atoms with E-state index in [1.54, 1.807) is 11.3 Å². The van der Waals surface area contributed by atoms with Gasteiger partial charge in [0.2, 0.25) is 0 Å². The third kappa shape index (κ3) is 3.65. The molecule has 1 aromatic carbocycles. The molecule has 4 rings (SSSR count). The van der Waals surface area contributed by atoms with E-state index in [1.165, 1.54) is 28.0 Å². The van der Waals surface area contributed by atoms with E-state index in [4.69, 9.17) is 4.98 Å². The van der Waals surface area contributed by atoms with Gasteiger partial charge in [0.05, 0.1) is 5.39 Å². The van der Waals surface area contributed by atoms with Crippen molar-refractivity contribution in [2.45, 2.75) is 65.5 Å². The van der Waals surface area contributed by atoms with Crippen molar-refractivity contribution in [1.29, 1.82) is 0 Å². The van der Waals surface area contributed by atoms with E-state index >= 15 is 0 Å². The maximum Gasteiger partial charge on any atom is 0.260 e. The van der Waals surface area contributed by atoms with Crippen molar-refractivity contribution in [2.75, 3.05) is 0 Å². The Morgan fingerprint density at radius 2 is 2.07 bits per heavy atom. The van der Waals surface area contributed by atoms with Gasteiger partial charge in [0.15, 0.2) is 5.82 Å². The standard InChI is InChI=1S/C23H29N3OS/c1-5-18(16-9-6-13(2)7-10-16)24-15(4)21-25-22(27)20-17-11-8-14(3)12-19(17)28-23(20)26-21/h6-7,9-10,14-15,18,24H,5,8,11-12H2,1-4H3,(H,25,26,27)/p+1/t14-,15-,18+/m1/s1. The summed E-state index contributed by atoms with van der Waals surface area (Å²) in [5, 5.41) is 3.16. The fourth-order valence-corrected chi connectivity index (χ4v) is 5.71. The van der Waals surface area contributed by atoms with Gasteiger partial charge in [-0.25, -0.2) is 4.98 Å². The fourth-order valence-electron chi connectivity index (χ4n) is 4.32. The van der Waals surface area contributed by atoms with Gasteiger partial charge in [0, 0.05) is 16.9 Å². The number of aromatic amines is 1. The number of aromatic nitrogens is 2. The van der Waals surface area contributed by atoms with Crippen LogP contribution in [0, 0.1) is 12.8 Å². The molecule has 0 amide bonds. The summed E-state index contributed by atoms with van der Waals surface area (Å²) in [5.74, 6) is 1.49. The Hall–Kier alpha value is -1.98. The predicted molar refractivity (Wildman–Crippen MR) is 116 cm³/mol. The van der Waals surface area contributed by atoms with Crippen molar-refractivity contribution in [2.24, 2.45) is 5.92 Å². The second-order valence-corrected chi connectivity index (χ2v) is 9.47. The van der Waals surface area contributed by atoms with Gasteiger partial charge in [0.1, 0.15) is 16.9 Å². The number of hydrogen-bond donors (Lipinski definition) is 2. The Morgan fingerprint density at radius 1 is 1.32 bits per heavy atom. The number of nitrogens with zero attached hydrogens (tertiary/aromatic N) is 1. The van der Waals surface area contributed by atoms with Crippen molar-refractivity contribution in [3.05, 3.63) is 62.0 Å². The smallest absolute Gasteiger partial charge is 0.260 e. The highest BCUT2D eigenvalue weighted by Crippen LogP contribution is 2.35. The second-order valence-electron chi connectivity index (χ2n) is 8.39. The van der Waals surface area contributed by atoms with Crippen LogP contribution >= 0.6 is 11.3 Å². The first-order valence-corrected chi connectivity index (χ1v) is 11.2. The number of fused-ring (bicyclic) bond motifs is 3. The summed E-state index contributed by atoms with van der Waals surface area (Å²) < 4.78 is 0. The second kappa shape index (κ2) is 7.80. The molecule has 0 unspecified atom stereocenters. The summed E-state index contributed by atoms with van der Waals surface area (Å²) in [6, 6.07) is 9.20. The lowest BCUT2D eigenvalue weighted by molar-refractivity contribution is -0.732. The Morgan fingerprint density at radius 3 is 2.79 bits per heavy atom. The zero-order valence-corrected chi connectivity index (χ0v) is 18.0. The van der Waals surface area contributed by atoms with Crippen molar-refractivity contribution in [3.8, 4) is 0 Å². The highest BCUT2D eigenvalue weighted by molar-refractivity contribution is 7.18. The molecule has 0 aliphatic heterocycles. The average molecular weight is 397 g/mol. The van der Waals surface area contributed by atoms with Gasteiger partial charge in [-0.15, -0.1) is 11.3 Å². The molecule has 2 aromatic heterocycles. The van der Waals surface area contributed by atoms with Gasteiger partial charge in [-0.2, -0.15) is 0 Å². The molecule has 1 aliphatic carbocycles. The number of thiophene rings is 1. The molecular weight excluding hydrogens is 366 g/mol. The first-order valence-electron chi connectivity index (χ1n) is 10.4. The van der Waals surface area contributed by atoms with Crippen LogP contribution < -0.4 is 10.9 Å². The molecule has 3 N–H and O–H groups in total. The third-order valence-corrected chi connectivity index (χ3v) is 7.23. The van der Waals surface area contributed by atoms with Crippen LogP contribution in [0.4, 0.5) is 0 Å². The number of H-pyrrole nitrogens is 1. The molecular formula is C23H30N3OS+. The lowest BCUT2D eigenvalue weighted by Gasteiger charge is -2.19. The molecule has 3 atom stereocenters. The van der Waals surface area contributed by atoms with Gasteiger partial charge in [0.25, 0.3) is 5.56 Å². The van der Waals surface area contributed by atoms with E-state index in [0.717, 1.165) is 35.3 Å². The van der Waals surface area contributed by atoms with Gasteiger partial charge < -0.3 is 10.3 Å². The summed E-state index contributed by atoms with van der Waals surface area (Å²) in [6.45, 7) is 8.75. The quantitative estimate of drug-likeness (QED) is 0.679. The molecule has 4 nitrogen and oxygen atoms in total. The zero-order chi connectivity index (χ0) is 19.8. The summed E-state index contributed by atoms with van der Waals surface area (Å²) in [7, 11) is 0. The summed E-state index contributed by atoms with van der Waals surface area (Å²) in [6.07, 6.45) is 4.29. The maximum absolute atomic E-state index is 12.9. The van der Waals surface area contributed by atoms with Crippen LogP contribution in [-0.2, 0) is 12.8 Å². The zero-order valence-electron chi connectivity index (χ0n) is 17.2. The Bertz CT molecular complexity index is 1030. The van der Waals surface area contributed by atoms with Gasteiger partial charge in [-0.3, -0.25) is 4.79 Å². The summed E-state index contributed by atoms with van der Waals surface area (Å²) in [4.78, 5) is 23.2. The van der Waals surface area contributed by atoms with E-state index in [2.05, 4.69) is 62.3 Å². The molecule has 3 aromatic rings. The van der Waals surface area contributed by atoms with Gasteiger partial charge >= 0.3 is 0 Å². The van der Waals surface area contributed by atoms with Crippen molar-refractivity contribution in [3.63, 3.8) is 0 Å². The molecule has 28 heavy (non-hydrogen) atoms. The molecule has 2 heterocycles. The molecule has 5 heteroatoms. The van der Waals surface area contributed by atoms with Crippen LogP contribution in [0.15, 0.2) is 29.1 Å². The van der Waals surface area contributed by atoms with Crippen LogP contribution in [0.1, 0.15) is 73.1 Å². The highest BCUT2D eigenvalue weighted by Gasteiger charge is 2.25. The first-order chi connectivity index (χ1) is 13.5. The van der Waals surface area contributed by atoms with E-state index < -0.39 is 0 Å². The minimum Gasteiger partial charge on any atom is -0.332 e. The van der Waals surface area contributed by atoms with Crippen LogP contribution in [0.2, 0.25) is 0 Å². The van der Waals surface area contributed by atoms with Crippen molar-refractivity contribution in [1.82, 2.24) is 9.97 Å². The lowest BCUT2D eigenvalue weighted by Crippen LogP contribution is -2.85. The Labute approximate surface area is 170 Å². The number of nitrogens with two attached hydrogens (primary N) is 1. The van der Waals surface area contributed by atoms with Gasteiger partial charge in [-0.1, -0.05) is 43.7 Å². The number of benzene rings is 1. The highest BCUT2D eigenvalue weighted by atomic mass is 32.1. The normalized spacial score (nSPS) is 18.8. The minimum atomic E-state index is 0.0377. The molecule has 0 saturated carbocycles. The molecule has 0 spiro atoms. The molecule has 0 bridgehead atoms. The molecule has 0 fully saturated rings. The number of hydrogen-bond acceptors (Lipinski definition) is 3. The SMILES string of the molecule is CC[C@H]([NH2+][C@H](C)c1nc2sc3c(c2c(=O)[nH]1)CC[C@@H](C)C3)c1ccc(C)cc1. The van der Waals surface area contributed by atoms with Crippen LogP contribution in [0.3, 0.4) is 0 Å². The summed E-state index contributed by atoms with van der Waals surface area (Å²) >= 11 is 1.73. The third-order valence-electron chi connectivity index (χ3n) is 6.08. The fraction of sp³-hybridized carbons (Fsp3) is 0.478. The Balaban J connectivity index is 1.63. The summed E-state index contributed by atoms with van der Waals surface area (Å²) in [5.41, 5.74) is 3.89. The van der Waals surface area contributed by atoms with Gasteiger partial charge in [-0.05, 0) is 44.6 Å². The average Bonchev–Trinajstić information content (AvgIpc) is 3.04. The molecule has 148 valence electrons. The molecule has 1 aliphatic rings. The molecule has 0 radical (unpaired) electrons.